The Hall–Kier alpha value is -2.00. The molecule has 2 N–H and O–H groups in total. The van der Waals surface area contributed by atoms with Gasteiger partial charge < -0.3 is 10.1 Å². The van der Waals surface area contributed by atoms with E-state index in [1.807, 2.05) is 4.72 Å². The van der Waals surface area contributed by atoms with Gasteiger partial charge in [-0.2, -0.15) is 4.72 Å². The van der Waals surface area contributed by atoms with E-state index in [4.69, 9.17) is 4.74 Å². The number of ether oxygens (including phenoxy) is 1. The summed E-state index contributed by atoms with van der Waals surface area (Å²) in [6.07, 6.45) is 5.16. The smallest absolute Gasteiger partial charge is 0.321 e. The predicted molar refractivity (Wildman–Crippen MR) is 96.8 cm³/mol. The van der Waals surface area contributed by atoms with E-state index in [1.54, 1.807) is 0 Å². The molecule has 7 nitrogen and oxygen atoms in total. The standard InChI is InChI=1S/C18H25FN2O5S/c1-13(18(23)21-14-8-4-2-3-5-9-14)26-17(22)12-20-27(24,25)16-11-7-6-10-15(16)19/h6-7,10-11,13-14,20H,2-5,8-9,12H2,1H3,(H,21,23)/t13-/m1/s1. The van der Waals surface area contributed by atoms with Crippen molar-refractivity contribution in [3.63, 3.8) is 0 Å². The van der Waals surface area contributed by atoms with Crippen LogP contribution in [0.5, 0.6) is 0 Å². The maximum absolute atomic E-state index is 13.6. The lowest BCUT2D eigenvalue weighted by Crippen LogP contribution is -2.43. The molecule has 0 radical (unpaired) electrons. The van der Waals surface area contributed by atoms with E-state index in [9.17, 15) is 22.4 Å². The summed E-state index contributed by atoms with van der Waals surface area (Å²) in [5, 5.41) is 2.87. The molecule has 9 heteroatoms. The largest absolute Gasteiger partial charge is 0.452 e. The first-order valence-electron chi connectivity index (χ1n) is 9.03. The first-order chi connectivity index (χ1) is 12.8. The van der Waals surface area contributed by atoms with Crippen molar-refractivity contribution in [1.29, 1.82) is 0 Å². The molecule has 0 aliphatic heterocycles. The van der Waals surface area contributed by atoms with Gasteiger partial charge in [-0.3, -0.25) is 9.59 Å². The van der Waals surface area contributed by atoms with Crippen molar-refractivity contribution in [2.75, 3.05) is 6.54 Å². The van der Waals surface area contributed by atoms with Crippen LogP contribution in [0.3, 0.4) is 0 Å². The summed E-state index contributed by atoms with van der Waals surface area (Å²) in [5.41, 5.74) is 0. The summed E-state index contributed by atoms with van der Waals surface area (Å²) in [7, 11) is -4.20. The number of hydrogen-bond acceptors (Lipinski definition) is 5. The highest BCUT2D eigenvalue weighted by Gasteiger charge is 2.24. The normalized spacial score (nSPS) is 17.0. The average Bonchev–Trinajstić information content (AvgIpc) is 2.89. The van der Waals surface area contributed by atoms with E-state index in [1.165, 1.54) is 19.1 Å². The minimum Gasteiger partial charge on any atom is -0.452 e. The second-order valence-corrected chi connectivity index (χ2v) is 8.32. The Morgan fingerprint density at radius 3 is 2.44 bits per heavy atom. The van der Waals surface area contributed by atoms with Crippen LogP contribution in [-0.2, 0) is 24.3 Å². The SMILES string of the molecule is C[C@@H](OC(=O)CNS(=O)(=O)c1ccccc1F)C(=O)NC1CCCCCC1. The molecule has 1 aliphatic rings. The zero-order chi connectivity index (χ0) is 19.9. The molecule has 0 heterocycles. The van der Waals surface area contributed by atoms with Gasteiger partial charge in [0.1, 0.15) is 17.3 Å². The van der Waals surface area contributed by atoms with Crippen LogP contribution in [0.1, 0.15) is 45.4 Å². The van der Waals surface area contributed by atoms with Crippen LogP contribution in [0.2, 0.25) is 0 Å². The highest BCUT2D eigenvalue weighted by atomic mass is 32.2. The molecule has 0 saturated heterocycles. The van der Waals surface area contributed by atoms with Crippen molar-refractivity contribution in [3.05, 3.63) is 30.1 Å². The second-order valence-electron chi connectivity index (χ2n) is 6.58. The zero-order valence-corrected chi connectivity index (χ0v) is 16.1. The summed E-state index contributed by atoms with van der Waals surface area (Å²) >= 11 is 0. The van der Waals surface area contributed by atoms with Crippen LogP contribution in [0.4, 0.5) is 4.39 Å². The zero-order valence-electron chi connectivity index (χ0n) is 15.2. The average molecular weight is 400 g/mol. The minimum atomic E-state index is -4.20. The number of carbonyl (C=O) groups is 2. The van der Waals surface area contributed by atoms with Gasteiger partial charge in [-0.15, -0.1) is 0 Å². The van der Waals surface area contributed by atoms with Gasteiger partial charge in [0.2, 0.25) is 10.0 Å². The van der Waals surface area contributed by atoms with Gasteiger partial charge in [0.25, 0.3) is 5.91 Å². The molecule has 2 rings (SSSR count). The van der Waals surface area contributed by atoms with E-state index in [0.717, 1.165) is 50.7 Å². The number of carbonyl (C=O) groups excluding carboxylic acids is 2. The molecule has 1 fully saturated rings. The number of hydrogen-bond donors (Lipinski definition) is 2. The summed E-state index contributed by atoms with van der Waals surface area (Å²) in [4.78, 5) is 23.4. The fourth-order valence-electron chi connectivity index (χ4n) is 2.93. The van der Waals surface area contributed by atoms with Crippen LogP contribution in [0.25, 0.3) is 0 Å². The van der Waals surface area contributed by atoms with Crippen molar-refractivity contribution >= 4 is 21.9 Å². The Balaban J connectivity index is 1.82. The first kappa shape index (κ1) is 21.3. The molecule has 1 aliphatic carbocycles. The van der Waals surface area contributed by atoms with E-state index in [-0.39, 0.29) is 6.04 Å². The fraction of sp³-hybridized carbons (Fsp3) is 0.556. The van der Waals surface area contributed by atoms with Crippen LogP contribution in [-0.4, -0.2) is 39.0 Å². The topological polar surface area (TPSA) is 102 Å². The molecular formula is C18H25FN2O5S. The fourth-order valence-corrected chi connectivity index (χ4v) is 3.97. The molecule has 150 valence electrons. The van der Waals surface area contributed by atoms with Crippen molar-refractivity contribution in [2.45, 2.75) is 62.5 Å². The summed E-state index contributed by atoms with van der Waals surface area (Å²) in [5.74, 6) is -2.25. The summed E-state index contributed by atoms with van der Waals surface area (Å²) in [6, 6.07) is 4.90. The quantitative estimate of drug-likeness (QED) is 0.537. The number of nitrogens with one attached hydrogen (secondary N) is 2. The van der Waals surface area contributed by atoms with Gasteiger partial charge in [0.15, 0.2) is 6.10 Å². The summed E-state index contributed by atoms with van der Waals surface area (Å²) < 4.78 is 44.6. The Labute approximate surface area is 158 Å². The van der Waals surface area contributed by atoms with Gasteiger partial charge in [0, 0.05) is 6.04 Å². The molecule has 27 heavy (non-hydrogen) atoms. The number of benzene rings is 1. The van der Waals surface area contributed by atoms with Gasteiger partial charge >= 0.3 is 5.97 Å². The van der Waals surface area contributed by atoms with Gasteiger partial charge in [0.05, 0.1) is 0 Å². The minimum absolute atomic E-state index is 0.0701. The van der Waals surface area contributed by atoms with Crippen LogP contribution < -0.4 is 10.0 Å². The Morgan fingerprint density at radius 1 is 1.19 bits per heavy atom. The van der Waals surface area contributed by atoms with Crippen molar-refractivity contribution in [2.24, 2.45) is 0 Å². The maximum Gasteiger partial charge on any atom is 0.321 e. The molecule has 1 saturated carbocycles. The van der Waals surface area contributed by atoms with E-state index in [2.05, 4.69) is 5.32 Å². The molecule has 0 spiro atoms. The lowest BCUT2D eigenvalue weighted by Gasteiger charge is -2.19. The number of halogens is 1. The van der Waals surface area contributed by atoms with Crippen molar-refractivity contribution < 1.29 is 27.1 Å². The van der Waals surface area contributed by atoms with Crippen LogP contribution >= 0.6 is 0 Å². The molecule has 1 aromatic rings. The monoisotopic (exact) mass is 400 g/mol. The molecule has 0 aromatic heterocycles. The van der Waals surface area contributed by atoms with Crippen LogP contribution in [0.15, 0.2) is 29.2 Å². The predicted octanol–water partition coefficient (Wildman–Crippen LogP) is 1.87. The highest BCUT2D eigenvalue weighted by Crippen LogP contribution is 2.17. The number of amides is 1. The van der Waals surface area contributed by atoms with Gasteiger partial charge in [-0.05, 0) is 31.9 Å². The molecule has 1 atom stereocenters. The third kappa shape index (κ3) is 6.59. The Kier molecular flexibility index (Phi) is 7.73. The Bertz CT molecular complexity index is 761. The van der Waals surface area contributed by atoms with Gasteiger partial charge in [-0.1, -0.05) is 37.8 Å². The summed E-state index contributed by atoms with van der Waals surface area (Å²) in [6.45, 7) is 0.729. The second kappa shape index (κ2) is 9.80. The maximum atomic E-state index is 13.6. The van der Waals surface area contributed by atoms with E-state index < -0.39 is 45.3 Å². The molecule has 0 bridgehead atoms. The molecule has 1 amide bonds. The highest BCUT2D eigenvalue weighted by molar-refractivity contribution is 7.89. The molecular weight excluding hydrogens is 375 g/mol. The third-order valence-electron chi connectivity index (χ3n) is 4.41. The number of rotatable bonds is 7. The van der Waals surface area contributed by atoms with Crippen LogP contribution in [0, 0.1) is 5.82 Å². The first-order valence-corrected chi connectivity index (χ1v) is 10.5. The lowest BCUT2D eigenvalue weighted by molar-refractivity contribution is -0.153. The third-order valence-corrected chi connectivity index (χ3v) is 5.85. The van der Waals surface area contributed by atoms with Crippen molar-refractivity contribution in [1.82, 2.24) is 10.0 Å². The van der Waals surface area contributed by atoms with Crippen molar-refractivity contribution in [3.8, 4) is 0 Å². The van der Waals surface area contributed by atoms with E-state index in [0.29, 0.717) is 0 Å². The van der Waals surface area contributed by atoms with Gasteiger partial charge in [-0.25, -0.2) is 12.8 Å². The lowest BCUT2D eigenvalue weighted by atomic mass is 10.1. The van der Waals surface area contributed by atoms with E-state index >= 15 is 0 Å². The molecule has 1 aromatic carbocycles. The number of esters is 1. The number of sulfonamides is 1. The Morgan fingerprint density at radius 2 is 1.81 bits per heavy atom. The molecule has 0 unspecified atom stereocenters.